The van der Waals surface area contributed by atoms with Crippen molar-refractivity contribution in [2.45, 2.75) is 33.1 Å². The minimum absolute atomic E-state index is 0.267. The fourth-order valence-electron chi connectivity index (χ4n) is 3.73. The van der Waals surface area contributed by atoms with E-state index in [9.17, 15) is 4.79 Å². The van der Waals surface area contributed by atoms with E-state index in [1.807, 2.05) is 4.90 Å². The molecule has 1 aliphatic carbocycles. The second-order valence-corrected chi connectivity index (χ2v) is 6.71. The first kappa shape index (κ1) is 17.7. The predicted molar refractivity (Wildman–Crippen MR) is 88.9 cm³/mol. The fourth-order valence-corrected chi connectivity index (χ4v) is 3.73. The standard InChI is InChI=1S/C17H33N3O2/c1-4-19(5-2)10-11-20(12-13-22-3)16(21)15-14-17(15)6-8-18-9-7-17/h15,18H,4-14H2,1-3H3. The van der Waals surface area contributed by atoms with Gasteiger partial charge in [0.05, 0.1) is 6.61 Å². The maximum atomic E-state index is 12.9. The van der Waals surface area contributed by atoms with E-state index in [1.54, 1.807) is 7.11 Å². The highest BCUT2D eigenvalue weighted by Gasteiger charge is 2.58. The number of ether oxygens (including phenoxy) is 1. The highest BCUT2D eigenvalue weighted by molar-refractivity contribution is 5.82. The van der Waals surface area contributed by atoms with Gasteiger partial charge in [0.25, 0.3) is 0 Å². The van der Waals surface area contributed by atoms with Gasteiger partial charge in [0.1, 0.15) is 0 Å². The van der Waals surface area contributed by atoms with Gasteiger partial charge in [0.15, 0.2) is 0 Å². The molecule has 1 aliphatic heterocycles. The third kappa shape index (κ3) is 4.21. The molecule has 1 saturated carbocycles. The number of nitrogens with zero attached hydrogens (tertiary/aromatic N) is 2. The summed E-state index contributed by atoms with van der Waals surface area (Å²) in [4.78, 5) is 17.3. The Morgan fingerprint density at radius 3 is 2.45 bits per heavy atom. The number of rotatable bonds is 9. The molecule has 22 heavy (non-hydrogen) atoms. The van der Waals surface area contributed by atoms with Crippen LogP contribution in [-0.2, 0) is 9.53 Å². The van der Waals surface area contributed by atoms with Gasteiger partial charge in [-0.25, -0.2) is 0 Å². The average molecular weight is 311 g/mol. The Labute approximate surface area is 135 Å². The molecule has 2 rings (SSSR count). The zero-order valence-electron chi connectivity index (χ0n) is 14.6. The van der Waals surface area contributed by atoms with Crippen LogP contribution in [0.25, 0.3) is 0 Å². The molecule has 1 N–H and O–H groups in total. The third-order valence-corrected chi connectivity index (χ3v) is 5.54. The van der Waals surface area contributed by atoms with Crippen LogP contribution in [0.5, 0.6) is 0 Å². The van der Waals surface area contributed by atoms with E-state index in [1.165, 1.54) is 0 Å². The fraction of sp³-hybridized carbons (Fsp3) is 0.941. The van der Waals surface area contributed by atoms with Crippen molar-refractivity contribution < 1.29 is 9.53 Å². The molecule has 1 saturated heterocycles. The van der Waals surface area contributed by atoms with Gasteiger partial charge < -0.3 is 19.9 Å². The Bertz CT molecular complexity index is 352. The first-order valence-electron chi connectivity index (χ1n) is 8.87. The molecular weight excluding hydrogens is 278 g/mol. The lowest BCUT2D eigenvalue weighted by Crippen LogP contribution is -2.42. The van der Waals surface area contributed by atoms with Crippen LogP contribution in [0.2, 0.25) is 0 Å². The minimum atomic E-state index is 0.267. The number of likely N-dealkylation sites (N-methyl/N-ethyl adjacent to an activating group) is 1. The maximum Gasteiger partial charge on any atom is 0.226 e. The van der Waals surface area contributed by atoms with Gasteiger partial charge in [0, 0.05) is 32.7 Å². The summed E-state index contributed by atoms with van der Waals surface area (Å²) in [6.45, 7) is 11.7. The highest BCUT2D eigenvalue weighted by atomic mass is 16.5. The molecule has 0 aromatic heterocycles. The van der Waals surface area contributed by atoms with Crippen molar-refractivity contribution in [2.24, 2.45) is 11.3 Å². The lowest BCUT2D eigenvalue weighted by Gasteiger charge is -2.29. The molecule has 0 aromatic carbocycles. The Hall–Kier alpha value is -0.650. The molecule has 1 atom stereocenters. The van der Waals surface area contributed by atoms with E-state index in [0.717, 1.165) is 65.1 Å². The van der Waals surface area contributed by atoms with Crippen molar-refractivity contribution in [1.29, 1.82) is 0 Å². The summed E-state index contributed by atoms with van der Waals surface area (Å²) < 4.78 is 5.20. The molecule has 0 bridgehead atoms. The van der Waals surface area contributed by atoms with Crippen molar-refractivity contribution >= 4 is 5.91 Å². The summed E-state index contributed by atoms with van der Waals surface area (Å²) in [6, 6.07) is 0. The SMILES string of the molecule is CCN(CC)CCN(CCOC)C(=O)C1CC12CCNCC2. The molecule has 2 aliphatic rings. The van der Waals surface area contributed by atoms with Gasteiger partial charge in [-0.1, -0.05) is 13.8 Å². The Morgan fingerprint density at radius 1 is 1.18 bits per heavy atom. The number of amides is 1. The first-order valence-corrected chi connectivity index (χ1v) is 8.87. The van der Waals surface area contributed by atoms with Crippen LogP contribution in [0.1, 0.15) is 33.1 Å². The van der Waals surface area contributed by atoms with E-state index >= 15 is 0 Å². The number of methoxy groups -OCH3 is 1. The van der Waals surface area contributed by atoms with Gasteiger partial charge in [-0.05, 0) is 50.9 Å². The van der Waals surface area contributed by atoms with Crippen molar-refractivity contribution in [1.82, 2.24) is 15.1 Å². The molecule has 5 heteroatoms. The maximum absolute atomic E-state index is 12.9. The van der Waals surface area contributed by atoms with E-state index in [0.29, 0.717) is 17.9 Å². The molecule has 128 valence electrons. The van der Waals surface area contributed by atoms with Crippen LogP contribution < -0.4 is 5.32 Å². The van der Waals surface area contributed by atoms with Gasteiger partial charge in [-0.3, -0.25) is 4.79 Å². The van der Waals surface area contributed by atoms with Crippen molar-refractivity contribution in [3.05, 3.63) is 0 Å². The van der Waals surface area contributed by atoms with Gasteiger partial charge in [-0.2, -0.15) is 0 Å². The average Bonchev–Trinajstić information content (AvgIpc) is 3.24. The zero-order valence-corrected chi connectivity index (χ0v) is 14.6. The molecule has 0 aromatic rings. The normalized spacial score (nSPS) is 23.0. The van der Waals surface area contributed by atoms with Gasteiger partial charge in [-0.15, -0.1) is 0 Å². The summed E-state index contributed by atoms with van der Waals surface area (Å²) >= 11 is 0. The molecule has 0 radical (unpaired) electrons. The molecule has 5 nitrogen and oxygen atoms in total. The van der Waals surface area contributed by atoms with Crippen LogP contribution in [0.15, 0.2) is 0 Å². The molecular formula is C17H33N3O2. The zero-order chi connectivity index (χ0) is 16.0. The lowest BCUT2D eigenvalue weighted by molar-refractivity contribution is -0.134. The highest BCUT2D eigenvalue weighted by Crippen LogP contribution is 2.59. The summed E-state index contributed by atoms with van der Waals surface area (Å²) in [7, 11) is 1.71. The van der Waals surface area contributed by atoms with Gasteiger partial charge in [0.2, 0.25) is 5.91 Å². The minimum Gasteiger partial charge on any atom is -0.383 e. The van der Waals surface area contributed by atoms with E-state index in [-0.39, 0.29) is 5.92 Å². The number of carbonyl (C=O) groups is 1. The largest absolute Gasteiger partial charge is 0.383 e. The summed E-state index contributed by atoms with van der Waals surface area (Å²) in [5.74, 6) is 0.634. The van der Waals surface area contributed by atoms with Crippen molar-refractivity contribution in [3.8, 4) is 0 Å². The molecule has 1 unspecified atom stereocenters. The van der Waals surface area contributed by atoms with E-state index < -0.39 is 0 Å². The van der Waals surface area contributed by atoms with Crippen LogP contribution in [-0.4, -0.2) is 75.2 Å². The van der Waals surface area contributed by atoms with Crippen LogP contribution in [0.4, 0.5) is 0 Å². The molecule has 1 amide bonds. The second-order valence-electron chi connectivity index (χ2n) is 6.71. The molecule has 1 spiro atoms. The van der Waals surface area contributed by atoms with Gasteiger partial charge >= 0.3 is 0 Å². The van der Waals surface area contributed by atoms with Crippen molar-refractivity contribution in [3.63, 3.8) is 0 Å². The smallest absolute Gasteiger partial charge is 0.226 e. The van der Waals surface area contributed by atoms with E-state index in [4.69, 9.17) is 4.74 Å². The third-order valence-electron chi connectivity index (χ3n) is 5.54. The Morgan fingerprint density at radius 2 is 1.86 bits per heavy atom. The van der Waals surface area contributed by atoms with Crippen LogP contribution in [0, 0.1) is 11.3 Å². The first-order chi connectivity index (χ1) is 10.7. The topological polar surface area (TPSA) is 44.8 Å². The number of piperidine rings is 1. The Balaban J connectivity index is 1.89. The number of carbonyl (C=O) groups excluding carboxylic acids is 1. The number of hydrogen-bond acceptors (Lipinski definition) is 4. The second kappa shape index (κ2) is 8.27. The van der Waals surface area contributed by atoms with Crippen LogP contribution in [0.3, 0.4) is 0 Å². The summed E-state index contributed by atoms with van der Waals surface area (Å²) in [5.41, 5.74) is 0.322. The summed E-state index contributed by atoms with van der Waals surface area (Å²) in [6.07, 6.45) is 3.43. The Kier molecular flexibility index (Phi) is 6.66. The van der Waals surface area contributed by atoms with Crippen LogP contribution >= 0.6 is 0 Å². The number of hydrogen-bond donors (Lipinski definition) is 1. The van der Waals surface area contributed by atoms with Crippen molar-refractivity contribution in [2.75, 3.05) is 59.5 Å². The lowest BCUT2D eigenvalue weighted by atomic mass is 9.91. The molecule has 2 fully saturated rings. The summed E-state index contributed by atoms with van der Waals surface area (Å²) in [5, 5.41) is 3.41. The predicted octanol–water partition coefficient (Wildman–Crippen LogP) is 1.19. The van der Waals surface area contributed by atoms with E-state index in [2.05, 4.69) is 24.1 Å². The monoisotopic (exact) mass is 311 g/mol. The quantitative estimate of drug-likeness (QED) is 0.695. The molecule has 1 heterocycles. The number of nitrogens with one attached hydrogen (secondary N) is 1.